The fraction of sp³-hybridized carbons (Fsp3) is 0.385. The highest BCUT2D eigenvalue weighted by Crippen LogP contribution is 2.35. The Hall–Kier alpha value is -2.17. The minimum absolute atomic E-state index is 0.236. The van der Waals surface area contributed by atoms with E-state index in [0.717, 1.165) is 5.56 Å². The van der Waals surface area contributed by atoms with Crippen LogP contribution >= 0.6 is 0 Å². The molecule has 0 bridgehead atoms. The second-order valence-corrected chi connectivity index (χ2v) is 6.73. The molecule has 2 heterocycles. The van der Waals surface area contributed by atoms with E-state index in [9.17, 15) is 18.0 Å². The SMILES string of the molecule is NCc1ccc(NC(=O)N2CC[C@@H]3[C@H]2C(=O)N3S(=O)(=O)O)cc1. The summed E-state index contributed by atoms with van der Waals surface area (Å²) in [5.41, 5.74) is 6.97. The largest absolute Gasteiger partial charge is 0.362 e. The highest BCUT2D eigenvalue weighted by molar-refractivity contribution is 7.84. The first-order valence-corrected chi connectivity index (χ1v) is 8.40. The number of carbonyl (C=O) groups is 2. The van der Waals surface area contributed by atoms with Crippen molar-refractivity contribution in [3.63, 3.8) is 0 Å². The molecule has 2 saturated heterocycles. The van der Waals surface area contributed by atoms with Gasteiger partial charge in [0, 0.05) is 18.8 Å². The maximum Gasteiger partial charge on any atom is 0.362 e. The van der Waals surface area contributed by atoms with E-state index in [-0.39, 0.29) is 6.54 Å². The third-order valence-corrected chi connectivity index (χ3v) is 5.04. The Kier molecular flexibility index (Phi) is 3.74. The van der Waals surface area contributed by atoms with Gasteiger partial charge in [0.1, 0.15) is 6.04 Å². The molecule has 2 aliphatic rings. The monoisotopic (exact) mass is 340 g/mol. The number of hydrogen-bond acceptors (Lipinski definition) is 5. The molecule has 0 radical (unpaired) electrons. The zero-order valence-corrected chi connectivity index (χ0v) is 12.9. The van der Waals surface area contributed by atoms with Crippen LogP contribution in [-0.4, -0.2) is 52.7 Å². The standard InChI is InChI=1S/C13H16N4O5S/c14-7-8-1-3-9(4-2-8)15-13(19)16-6-5-10-11(16)12(18)17(10)23(20,21)22/h1-4,10-11H,5-7,14H2,(H,15,19)(H,20,21,22)/t10-,11+/m1/s1. The molecule has 0 spiro atoms. The van der Waals surface area contributed by atoms with Crippen LogP contribution in [0, 0.1) is 0 Å². The lowest BCUT2D eigenvalue weighted by Crippen LogP contribution is -2.68. The van der Waals surface area contributed by atoms with Crippen molar-refractivity contribution in [3.05, 3.63) is 29.8 Å². The number of nitrogens with zero attached hydrogens (tertiary/aromatic N) is 2. The molecule has 2 aliphatic heterocycles. The lowest BCUT2D eigenvalue weighted by atomic mass is 10.0. The topological polar surface area (TPSA) is 133 Å². The van der Waals surface area contributed by atoms with Crippen LogP contribution in [0.1, 0.15) is 12.0 Å². The molecule has 3 rings (SSSR count). The first kappa shape index (κ1) is 15.7. The van der Waals surface area contributed by atoms with E-state index in [4.69, 9.17) is 10.3 Å². The van der Waals surface area contributed by atoms with E-state index in [1.165, 1.54) is 4.90 Å². The highest BCUT2D eigenvalue weighted by Gasteiger charge is 2.60. The van der Waals surface area contributed by atoms with Gasteiger partial charge >= 0.3 is 16.3 Å². The summed E-state index contributed by atoms with van der Waals surface area (Å²) in [7, 11) is -4.57. The van der Waals surface area contributed by atoms with Crippen molar-refractivity contribution in [2.75, 3.05) is 11.9 Å². The Morgan fingerprint density at radius 1 is 1.35 bits per heavy atom. The van der Waals surface area contributed by atoms with Gasteiger partial charge in [-0.05, 0) is 24.1 Å². The van der Waals surface area contributed by atoms with Gasteiger partial charge in [-0.15, -0.1) is 0 Å². The molecule has 1 aromatic carbocycles. The molecular weight excluding hydrogens is 324 g/mol. The van der Waals surface area contributed by atoms with Crippen molar-refractivity contribution >= 4 is 27.9 Å². The third-order valence-electron chi connectivity index (χ3n) is 4.09. The van der Waals surface area contributed by atoms with Crippen molar-refractivity contribution < 1.29 is 22.6 Å². The molecule has 2 fully saturated rings. The summed E-state index contributed by atoms with van der Waals surface area (Å²) in [6, 6.07) is 4.92. The first-order chi connectivity index (χ1) is 10.8. The minimum atomic E-state index is -4.57. The smallest absolute Gasteiger partial charge is 0.326 e. The van der Waals surface area contributed by atoms with Crippen molar-refractivity contribution in [2.24, 2.45) is 5.73 Å². The highest BCUT2D eigenvalue weighted by atomic mass is 32.2. The number of nitrogens with one attached hydrogen (secondary N) is 1. The van der Waals surface area contributed by atoms with Gasteiger partial charge in [-0.1, -0.05) is 12.1 Å². The quantitative estimate of drug-likeness (QED) is 0.514. The van der Waals surface area contributed by atoms with Crippen LogP contribution in [0.5, 0.6) is 0 Å². The summed E-state index contributed by atoms with van der Waals surface area (Å²) in [6.45, 7) is 0.629. The molecule has 0 saturated carbocycles. The molecule has 0 aromatic heterocycles. The van der Waals surface area contributed by atoms with Gasteiger partial charge in [-0.3, -0.25) is 9.35 Å². The zero-order valence-electron chi connectivity index (χ0n) is 12.0. The average molecular weight is 340 g/mol. The number of urea groups is 1. The lowest BCUT2D eigenvalue weighted by Gasteiger charge is -2.42. The van der Waals surface area contributed by atoms with Gasteiger partial charge in [0.25, 0.3) is 5.91 Å². The van der Waals surface area contributed by atoms with Crippen LogP contribution in [-0.2, 0) is 21.6 Å². The number of benzene rings is 1. The van der Waals surface area contributed by atoms with Crippen LogP contribution in [0.3, 0.4) is 0 Å². The molecule has 2 atom stereocenters. The molecule has 124 valence electrons. The van der Waals surface area contributed by atoms with Gasteiger partial charge in [0.05, 0.1) is 6.04 Å². The molecule has 9 nitrogen and oxygen atoms in total. The van der Waals surface area contributed by atoms with Crippen molar-refractivity contribution in [2.45, 2.75) is 25.0 Å². The second kappa shape index (κ2) is 5.48. The maximum absolute atomic E-state index is 12.3. The molecule has 3 amide bonds. The number of fused-ring (bicyclic) bond motifs is 1. The number of amides is 3. The Bertz CT molecular complexity index is 748. The molecule has 4 N–H and O–H groups in total. The Labute approximate surface area is 132 Å². The normalized spacial score (nSPS) is 23.5. The average Bonchev–Trinajstić information content (AvgIpc) is 2.85. The molecule has 0 unspecified atom stereocenters. The molecule has 23 heavy (non-hydrogen) atoms. The van der Waals surface area contributed by atoms with E-state index >= 15 is 0 Å². The van der Waals surface area contributed by atoms with Crippen molar-refractivity contribution in [3.8, 4) is 0 Å². The van der Waals surface area contributed by atoms with E-state index in [0.29, 0.717) is 23.0 Å². The van der Waals surface area contributed by atoms with Crippen LogP contribution in [0.2, 0.25) is 0 Å². The van der Waals surface area contributed by atoms with Gasteiger partial charge in [-0.25, -0.2) is 9.10 Å². The number of rotatable bonds is 3. The molecular formula is C13H16N4O5S. The number of hydrogen-bond donors (Lipinski definition) is 3. The number of likely N-dealkylation sites (tertiary alicyclic amines) is 1. The number of β-lactam (4-membered cyclic amide) rings is 1. The van der Waals surface area contributed by atoms with Crippen LogP contribution < -0.4 is 11.1 Å². The Balaban J connectivity index is 1.69. The fourth-order valence-corrected chi connectivity index (χ4v) is 3.86. The number of anilines is 1. The van der Waals surface area contributed by atoms with Crippen LogP contribution in [0.4, 0.5) is 10.5 Å². The summed E-state index contributed by atoms with van der Waals surface area (Å²) < 4.78 is 31.7. The summed E-state index contributed by atoms with van der Waals surface area (Å²) in [4.78, 5) is 25.4. The van der Waals surface area contributed by atoms with E-state index in [2.05, 4.69) is 5.32 Å². The molecule has 1 aromatic rings. The van der Waals surface area contributed by atoms with Gasteiger partial charge < -0.3 is 16.0 Å². The zero-order chi connectivity index (χ0) is 16.8. The van der Waals surface area contributed by atoms with Gasteiger partial charge in [0.15, 0.2) is 0 Å². The molecule has 10 heteroatoms. The maximum atomic E-state index is 12.3. The summed E-state index contributed by atoms with van der Waals surface area (Å²) >= 11 is 0. The summed E-state index contributed by atoms with van der Waals surface area (Å²) in [5, 5.41) is 2.66. The predicted molar refractivity (Wildman–Crippen MR) is 80.6 cm³/mol. The van der Waals surface area contributed by atoms with Crippen LogP contribution in [0.15, 0.2) is 24.3 Å². The Morgan fingerprint density at radius 3 is 2.57 bits per heavy atom. The summed E-state index contributed by atoms with van der Waals surface area (Å²) in [5.74, 6) is -0.788. The lowest BCUT2D eigenvalue weighted by molar-refractivity contribution is -0.143. The van der Waals surface area contributed by atoms with Crippen LogP contribution in [0.25, 0.3) is 0 Å². The Morgan fingerprint density at radius 2 is 2.00 bits per heavy atom. The fourth-order valence-electron chi connectivity index (χ4n) is 2.96. The van der Waals surface area contributed by atoms with Gasteiger partial charge in [0.2, 0.25) is 0 Å². The number of carbonyl (C=O) groups excluding carboxylic acids is 2. The minimum Gasteiger partial charge on any atom is -0.326 e. The van der Waals surface area contributed by atoms with Gasteiger partial charge in [-0.2, -0.15) is 8.42 Å². The molecule has 0 aliphatic carbocycles. The third kappa shape index (κ3) is 2.64. The first-order valence-electron chi connectivity index (χ1n) is 7.00. The second-order valence-electron chi connectivity index (χ2n) is 5.44. The van der Waals surface area contributed by atoms with E-state index < -0.39 is 34.3 Å². The summed E-state index contributed by atoms with van der Waals surface area (Å²) in [6.07, 6.45) is 0.301. The number of nitrogens with two attached hydrogens (primary N) is 1. The van der Waals surface area contributed by atoms with E-state index in [1.54, 1.807) is 24.3 Å². The predicted octanol–water partition coefficient (Wildman–Crippen LogP) is -0.235. The van der Waals surface area contributed by atoms with Crippen molar-refractivity contribution in [1.82, 2.24) is 9.21 Å². The van der Waals surface area contributed by atoms with Crippen molar-refractivity contribution in [1.29, 1.82) is 0 Å². The van der Waals surface area contributed by atoms with E-state index in [1.807, 2.05) is 0 Å².